The monoisotopic (exact) mass is 281 g/mol. The van der Waals surface area contributed by atoms with Crippen molar-refractivity contribution in [1.29, 1.82) is 0 Å². The van der Waals surface area contributed by atoms with Crippen LogP contribution < -0.4 is 5.32 Å². The van der Waals surface area contributed by atoms with Gasteiger partial charge < -0.3 is 10.2 Å². The van der Waals surface area contributed by atoms with E-state index in [2.05, 4.69) is 48.3 Å². The maximum atomic E-state index is 4.20. The molecule has 1 aromatic rings. The van der Waals surface area contributed by atoms with Crippen molar-refractivity contribution in [3.8, 4) is 0 Å². The summed E-state index contributed by atoms with van der Waals surface area (Å²) in [6, 6.07) is 0. The van der Waals surface area contributed by atoms with Crippen molar-refractivity contribution in [1.82, 2.24) is 25.2 Å². The molecule has 1 N–H and O–H groups in total. The van der Waals surface area contributed by atoms with Gasteiger partial charge in [-0.3, -0.25) is 4.68 Å². The number of nitrogens with zero attached hydrogens (tertiary/aromatic N) is 4. The second-order valence-corrected chi connectivity index (χ2v) is 6.01. The van der Waals surface area contributed by atoms with E-state index < -0.39 is 0 Å². The van der Waals surface area contributed by atoms with Gasteiger partial charge in [0.1, 0.15) is 0 Å². The van der Waals surface area contributed by atoms with E-state index in [-0.39, 0.29) is 0 Å². The second kappa shape index (κ2) is 9.88. The van der Waals surface area contributed by atoms with Gasteiger partial charge in [-0.25, -0.2) is 0 Å². The van der Waals surface area contributed by atoms with Crippen LogP contribution in [0.5, 0.6) is 0 Å². The van der Waals surface area contributed by atoms with Gasteiger partial charge in [-0.05, 0) is 32.5 Å². The quantitative estimate of drug-likeness (QED) is 0.631. The molecule has 0 aliphatic heterocycles. The molecule has 0 atom stereocenters. The molecule has 0 aromatic carbocycles. The van der Waals surface area contributed by atoms with Crippen molar-refractivity contribution >= 4 is 0 Å². The highest BCUT2D eigenvalue weighted by Crippen LogP contribution is 1.98. The fourth-order valence-corrected chi connectivity index (χ4v) is 2.03. The Kier molecular flexibility index (Phi) is 8.46. The van der Waals surface area contributed by atoms with Gasteiger partial charge in [-0.15, -0.1) is 5.10 Å². The zero-order chi connectivity index (χ0) is 14.8. The summed E-state index contributed by atoms with van der Waals surface area (Å²) < 4.78 is 1.95. The zero-order valence-electron chi connectivity index (χ0n) is 13.6. The van der Waals surface area contributed by atoms with Crippen molar-refractivity contribution in [3.63, 3.8) is 0 Å². The average Bonchev–Trinajstić information content (AvgIpc) is 2.84. The highest BCUT2D eigenvalue weighted by atomic mass is 15.4. The molecule has 0 amide bonds. The highest BCUT2D eigenvalue weighted by molar-refractivity contribution is 4.91. The first-order valence-electron chi connectivity index (χ1n) is 7.90. The molecule has 0 saturated heterocycles. The number of aromatic nitrogens is 3. The molecule has 0 radical (unpaired) electrons. The van der Waals surface area contributed by atoms with Crippen LogP contribution in [0.25, 0.3) is 0 Å². The standard InChI is InChI=1S/C15H31N5/c1-5-6-7-8-19(4)9-10-20-13-15(17-18-20)12-16-11-14(2)3/h13-14,16H,5-12H2,1-4H3. The summed E-state index contributed by atoms with van der Waals surface area (Å²) in [4.78, 5) is 2.37. The molecule has 5 nitrogen and oxygen atoms in total. The molecule has 0 aliphatic rings. The van der Waals surface area contributed by atoms with Gasteiger partial charge in [-0.2, -0.15) is 0 Å². The molecule has 1 heterocycles. The third kappa shape index (κ3) is 7.60. The Labute approximate surface area is 123 Å². The Morgan fingerprint density at radius 2 is 2.10 bits per heavy atom. The molecule has 1 aromatic heterocycles. The minimum absolute atomic E-state index is 0.668. The SMILES string of the molecule is CCCCCN(C)CCn1cc(CNCC(C)C)nn1. The van der Waals surface area contributed by atoms with Gasteiger partial charge in [0.15, 0.2) is 0 Å². The predicted molar refractivity (Wildman–Crippen MR) is 83.6 cm³/mol. The Bertz CT molecular complexity index is 348. The van der Waals surface area contributed by atoms with E-state index in [0.717, 1.165) is 31.9 Å². The maximum absolute atomic E-state index is 4.20. The van der Waals surface area contributed by atoms with Crippen molar-refractivity contribution in [2.75, 3.05) is 26.7 Å². The van der Waals surface area contributed by atoms with Crippen molar-refractivity contribution in [2.45, 2.75) is 53.1 Å². The molecule has 0 spiro atoms. The molecule has 116 valence electrons. The van der Waals surface area contributed by atoms with Crippen molar-refractivity contribution in [3.05, 3.63) is 11.9 Å². The molecule has 0 aliphatic carbocycles. The lowest BCUT2D eigenvalue weighted by Gasteiger charge is -2.15. The van der Waals surface area contributed by atoms with Crippen LogP contribution >= 0.6 is 0 Å². The molecular weight excluding hydrogens is 250 g/mol. The predicted octanol–water partition coefficient (Wildman–Crippen LogP) is 2.15. The first kappa shape index (κ1) is 17.1. The maximum Gasteiger partial charge on any atom is 0.0964 e. The summed E-state index contributed by atoms with van der Waals surface area (Å²) in [5.41, 5.74) is 1.03. The number of hydrogen-bond acceptors (Lipinski definition) is 4. The third-order valence-corrected chi connectivity index (χ3v) is 3.30. The first-order chi connectivity index (χ1) is 9.61. The number of hydrogen-bond donors (Lipinski definition) is 1. The minimum Gasteiger partial charge on any atom is -0.311 e. The van der Waals surface area contributed by atoms with E-state index in [0.29, 0.717) is 5.92 Å². The zero-order valence-corrected chi connectivity index (χ0v) is 13.6. The normalized spacial score (nSPS) is 11.7. The number of rotatable bonds is 11. The van der Waals surface area contributed by atoms with Crippen LogP contribution in [0.1, 0.15) is 45.7 Å². The van der Waals surface area contributed by atoms with Gasteiger partial charge in [-0.1, -0.05) is 38.8 Å². The molecular formula is C15H31N5. The third-order valence-electron chi connectivity index (χ3n) is 3.30. The molecule has 0 bridgehead atoms. The van der Waals surface area contributed by atoms with E-state index in [1.165, 1.54) is 25.8 Å². The van der Waals surface area contributed by atoms with E-state index in [9.17, 15) is 0 Å². The average molecular weight is 281 g/mol. The van der Waals surface area contributed by atoms with E-state index in [1.54, 1.807) is 0 Å². The minimum atomic E-state index is 0.668. The number of nitrogens with one attached hydrogen (secondary N) is 1. The lowest BCUT2D eigenvalue weighted by Crippen LogP contribution is -2.24. The van der Waals surface area contributed by atoms with E-state index in [1.807, 2.05) is 10.9 Å². The molecule has 0 unspecified atom stereocenters. The van der Waals surface area contributed by atoms with Gasteiger partial charge >= 0.3 is 0 Å². The molecule has 0 fully saturated rings. The van der Waals surface area contributed by atoms with Crippen molar-refractivity contribution < 1.29 is 0 Å². The largest absolute Gasteiger partial charge is 0.311 e. The van der Waals surface area contributed by atoms with Gasteiger partial charge in [0.05, 0.1) is 12.2 Å². The van der Waals surface area contributed by atoms with Gasteiger partial charge in [0.2, 0.25) is 0 Å². The van der Waals surface area contributed by atoms with Crippen LogP contribution in [-0.4, -0.2) is 46.6 Å². The summed E-state index contributed by atoms with van der Waals surface area (Å²) in [6.45, 7) is 11.6. The van der Waals surface area contributed by atoms with Crippen LogP contribution in [0.4, 0.5) is 0 Å². The molecule has 1 rings (SSSR count). The van der Waals surface area contributed by atoms with Crippen LogP contribution in [0.15, 0.2) is 6.20 Å². The van der Waals surface area contributed by atoms with E-state index >= 15 is 0 Å². The molecule has 5 heteroatoms. The smallest absolute Gasteiger partial charge is 0.0964 e. The fraction of sp³-hybridized carbons (Fsp3) is 0.867. The number of unbranched alkanes of at least 4 members (excludes halogenated alkanes) is 2. The summed E-state index contributed by atoms with van der Waals surface area (Å²) >= 11 is 0. The van der Waals surface area contributed by atoms with Crippen molar-refractivity contribution in [2.24, 2.45) is 5.92 Å². The van der Waals surface area contributed by atoms with Gasteiger partial charge in [0, 0.05) is 19.3 Å². The topological polar surface area (TPSA) is 46.0 Å². The molecule has 20 heavy (non-hydrogen) atoms. The summed E-state index contributed by atoms with van der Waals surface area (Å²) in [5.74, 6) is 0.668. The first-order valence-corrected chi connectivity index (χ1v) is 7.90. The summed E-state index contributed by atoms with van der Waals surface area (Å²) in [6.07, 6.45) is 5.94. The number of likely N-dealkylation sites (N-methyl/N-ethyl adjacent to an activating group) is 1. The van der Waals surface area contributed by atoms with Crippen LogP contribution in [0, 0.1) is 5.92 Å². The summed E-state index contributed by atoms with van der Waals surface area (Å²) in [7, 11) is 2.18. The van der Waals surface area contributed by atoms with Crippen LogP contribution in [-0.2, 0) is 13.1 Å². The Morgan fingerprint density at radius 1 is 1.30 bits per heavy atom. The van der Waals surface area contributed by atoms with E-state index in [4.69, 9.17) is 0 Å². The lowest BCUT2D eigenvalue weighted by molar-refractivity contribution is 0.304. The summed E-state index contributed by atoms with van der Waals surface area (Å²) in [5, 5.41) is 11.8. The Hall–Kier alpha value is -0.940. The lowest BCUT2D eigenvalue weighted by atomic mass is 10.2. The Balaban J connectivity index is 2.19. The van der Waals surface area contributed by atoms with Crippen LogP contribution in [0.3, 0.4) is 0 Å². The van der Waals surface area contributed by atoms with Gasteiger partial charge in [0.25, 0.3) is 0 Å². The highest BCUT2D eigenvalue weighted by Gasteiger charge is 2.03. The van der Waals surface area contributed by atoms with Crippen LogP contribution in [0.2, 0.25) is 0 Å². The second-order valence-electron chi connectivity index (χ2n) is 6.01. The Morgan fingerprint density at radius 3 is 2.80 bits per heavy atom. The fourth-order valence-electron chi connectivity index (χ4n) is 2.03. The molecule has 0 saturated carbocycles.